The molecule has 0 fully saturated rings. The maximum atomic E-state index is 13.2. The van der Waals surface area contributed by atoms with Crippen molar-refractivity contribution >= 4 is 0 Å². The van der Waals surface area contributed by atoms with E-state index >= 15 is 0 Å². The van der Waals surface area contributed by atoms with Gasteiger partial charge in [-0.1, -0.05) is 11.2 Å². The number of nitrogens with one attached hydrogen (secondary N) is 1. The van der Waals surface area contributed by atoms with E-state index in [1.54, 1.807) is 0 Å². The maximum Gasteiger partial charge on any atom is 0.438 e. The minimum atomic E-state index is -1.55. The van der Waals surface area contributed by atoms with Gasteiger partial charge in [0, 0.05) is 6.42 Å². The molecule has 0 amide bonds. The molecule has 0 saturated carbocycles. The molecule has 0 bridgehead atoms. The Hall–Kier alpha value is -2.05. The summed E-state index contributed by atoms with van der Waals surface area (Å²) in [5.41, 5.74) is -0.122. The first kappa shape index (κ1) is 10.5. The predicted molar refractivity (Wildman–Crippen MR) is 46.2 cm³/mol. The van der Waals surface area contributed by atoms with Crippen molar-refractivity contribution < 1.29 is 17.7 Å². The van der Waals surface area contributed by atoms with E-state index in [4.69, 9.17) is 0 Å². The molecule has 0 atom stereocenters. The van der Waals surface area contributed by atoms with Crippen molar-refractivity contribution in [1.82, 2.24) is 10.1 Å². The molecule has 0 spiro atoms. The third kappa shape index (κ3) is 1.83. The molecule has 1 aromatic heterocycles. The van der Waals surface area contributed by atoms with Crippen molar-refractivity contribution in [2.45, 2.75) is 6.42 Å². The minimum absolute atomic E-state index is 0.0370. The Labute approximate surface area is 86.7 Å². The molecule has 0 aliphatic carbocycles. The average Bonchev–Trinajstić information content (AvgIpc) is 2.65. The summed E-state index contributed by atoms with van der Waals surface area (Å²) < 4.78 is 42.8. The Morgan fingerprint density at radius 3 is 2.62 bits per heavy atom. The molecular formula is C9H5F3N2O2. The Morgan fingerprint density at radius 1 is 1.25 bits per heavy atom. The third-order valence-electron chi connectivity index (χ3n) is 1.96. The van der Waals surface area contributed by atoms with Crippen LogP contribution in [0.2, 0.25) is 0 Å². The van der Waals surface area contributed by atoms with Crippen LogP contribution >= 0.6 is 0 Å². The third-order valence-corrected chi connectivity index (χ3v) is 1.96. The van der Waals surface area contributed by atoms with Crippen LogP contribution in [0.5, 0.6) is 0 Å². The van der Waals surface area contributed by atoms with Crippen LogP contribution in [0, 0.1) is 17.5 Å². The summed E-state index contributed by atoms with van der Waals surface area (Å²) in [7, 11) is 0. The number of hydrogen-bond acceptors (Lipinski definition) is 3. The van der Waals surface area contributed by atoms with Crippen molar-refractivity contribution in [2.24, 2.45) is 0 Å². The van der Waals surface area contributed by atoms with Crippen molar-refractivity contribution in [3.8, 4) is 0 Å². The second kappa shape index (κ2) is 3.84. The zero-order valence-corrected chi connectivity index (χ0v) is 7.76. The first-order valence-electron chi connectivity index (χ1n) is 4.25. The normalized spacial score (nSPS) is 10.7. The smallest absolute Gasteiger partial charge is 0.296 e. The van der Waals surface area contributed by atoms with E-state index in [1.807, 2.05) is 0 Å². The van der Waals surface area contributed by atoms with Gasteiger partial charge in [0.05, 0.1) is 0 Å². The van der Waals surface area contributed by atoms with Crippen LogP contribution in [-0.4, -0.2) is 10.1 Å². The SMILES string of the molecule is O=c1[nH]c(Cc2ccc(F)c(F)c2F)no1. The van der Waals surface area contributed by atoms with Gasteiger partial charge in [0.25, 0.3) is 0 Å². The zero-order chi connectivity index (χ0) is 11.7. The van der Waals surface area contributed by atoms with E-state index in [1.165, 1.54) is 0 Å². The largest absolute Gasteiger partial charge is 0.438 e. The van der Waals surface area contributed by atoms with Crippen LogP contribution in [0.1, 0.15) is 11.4 Å². The van der Waals surface area contributed by atoms with E-state index in [-0.39, 0.29) is 17.8 Å². The quantitative estimate of drug-likeness (QED) is 0.792. The summed E-state index contributed by atoms with van der Waals surface area (Å²) in [6, 6.07) is 1.87. The van der Waals surface area contributed by atoms with Crippen LogP contribution in [0.3, 0.4) is 0 Å². The lowest BCUT2D eigenvalue weighted by atomic mass is 10.1. The van der Waals surface area contributed by atoms with E-state index in [9.17, 15) is 18.0 Å². The van der Waals surface area contributed by atoms with Gasteiger partial charge in [0.15, 0.2) is 23.3 Å². The van der Waals surface area contributed by atoms with Gasteiger partial charge < -0.3 is 0 Å². The second-order valence-corrected chi connectivity index (χ2v) is 3.05. The summed E-state index contributed by atoms with van der Waals surface area (Å²) in [6.07, 6.45) is -0.186. The number of nitrogens with zero attached hydrogens (tertiary/aromatic N) is 1. The fraction of sp³-hybridized carbons (Fsp3) is 0.111. The standard InChI is InChI=1S/C9H5F3N2O2/c10-5-2-1-4(7(11)8(5)12)3-6-13-9(15)16-14-6/h1-2H,3H2,(H,13,14,15). The van der Waals surface area contributed by atoms with Gasteiger partial charge in [-0.3, -0.25) is 9.51 Å². The Bertz CT molecular complexity index is 576. The van der Waals surface area contributed by atoms with Crippen LogP contribution < -0.4 is 5.76 Å². The van der Waals surface area contributed by atoms with Crippen molar-refractivity contribution in [1.29, 1.82) is 0 Å². The lowest BCUT2D eigenvalue weighted by Gasteiger charge is -2.01. The van der Waals surface area contributed by atoms with Gasteiger partial charge >= 0.3 is 5.76 Å². The predicted octanol–water partition coefficient (Wildman–Crippen LogP) is 1.37. The first-order chi connectivity index (χ1) is 7.58. The van der Waals surface area contributed by atoms with Crippen molar-refractivity contribution in [3.05, 3.63) is 51.5 Å². The lowest BCUT2D eigenvalue weighted by Crippen LogP contribution is -2.02. The monoisotopic (exact) mass is 230 g/mol. The fourth-order valence-electron chi connectivity index (χ4n) is 1.22. The van der Waals surface area contributed by atoms with Crippen molar-refractivity contribution in [2.75, 3.05) is 0 Å². The van der Waals surface area contributed by atoms with Gasteiger partial charge in [-0.2, -0.15) is 0 Å². The lowest BCUT2D eigenvalue weighted by molar-refractivity contribution is 0.381. The second-order valence-electron chi connectivity index (χ2n) is 3.05. The Balaban J connectivity index is 2.35. The van der Waals surface area contributed by atoms with Crippen LogP contribution in [-0.2, 0) is 6.42 Å². The van der Waals surface area contributed by atoms with Gasteiger partial charge in [-0.15, -0.1) is 0 Å². The van der Waals surface area contributed by atoms with Gasteiger partial charge in [0.1, 0.15) is 0 Å². The molecule has 1 aromatic carbocycles. The maximum absolute atomic E-state index is 13.2. The molecule has 0 radical (unpaired) electrons. The molecule has 16 heavy (non-hydrogen) atoms. The van der Waals surface area contributed by atoms with Crippen LogP contribution in [0.4, 0.5) is 13.2 Å². The molecule has 0 aliphatic rings. The summed E-state index contributed by atoms with van der Waals surface area (Å²) in [5, 5.41) is 3.28. The highest BCUT2D eigenvalue weighted by molar-refractivity contribution is 5.22. The summed E-state index contributed by atoms with van der Waals surface area (Å²) in [4.78, 5) is 12.7. The van der Waals surface area contributed by atoms with E-state index in [0.717, 1.165) is 12.1 Å². The van der Waals surface area contributed by atoms with E-state index in [0.29, 0.717) is 0 Å². The molecule has 0 unspecified atom stereocenters. The van der Waals surface area contributed by atoms with Gasteiger partial charge in [-0.25, -0.2) is 18.0 Å². The summed E-state index contributed by atoms with van der Waals surface area (Å²) in [5.74, 6) is -4.88. The number of benzene rings is 1. The number of aromatic amines is 1. The minimum Gasteiger partial charge on any atom is -0.296 e. The molecule has 7 heteroatoms. The van der Waals surface area contributed by atoms with Crippen LogP contribution in [0.15, 0.2) is 21.5 Å². The Morgan fingerprint density at radius 2 is 2.00 bits per heavy atom. The Kier molecular flexibility index (Phi) is 2.51. The molecule has 2 rings (SSSR count). The molecule has 0 aliphatic heterocycles. The van der Waals surface area contributed by atoms with Crippen LogP contribution in [0.25, 0.3) is 0 Å². The first-order valence-corrected chi connectivity index (χ1v) is 4.25. The molecule has 4 nitrogen and oxygen atoms in total. The van der Waals surface area contributed by atoms with E-state index in [2.05, 4.69) is 14.7 Å². The number of aromatic nitrogens is 2. The highest BCUT2D eigenvalue weighted by Crippen LogP contribution is 2.16. The van der Waals surface area contributed by atoms with Gasteiger partial charge in [-0.05, 0) is 11.6 Å². The average molecular weight is 230 g/mol. The number of halogens is 3. The molecule has 0 saturated heterocycles. The van der Waals surface area contributed by atoms with Crippen molar-refractivity contribution in [3.63, 3.8) is 0 Å². The molecule has 1 heterocycles. The molecule has 1 N–H and O–H groups in total. The molecular weight excluding hydrogens is 225 g/mol. The number of hydrogen-bond donors (Lipinski definition) is 1. The topological polar surface area (TPSA) is 58.9 Å². The highest BCUT2D eigenvalue weighted by Gasteiger charge is 2.14. The van der Waals surface area contributed by atoms with Gasteiger partial charge in [0.2, 0.25) is 0 Å². The zero-order valence-electron chi connectivity index (χ0n) is 7.76. The van der Waals surface area contributed by atoms with E-state index < -0.39 is 23.2 Å². The number of H-pyrrole nitrogens is 1. The highest BCUT2D eigenvalue weighted by atomic mass is 19.2. The number of rotatable bonds is 2. The summed E-state index contributed by atoms with van der Waals surface area (Å²) >= 11 is 0. The fourth-order valence-corrected chi connectivity index (χ4v) is 1.22. The molecule has 2 aromatic rings. The summed E-state index contributed by atoms with van der Waals surface area (Å²) in [6.45, 7) is 0. The molecule has 84 valence electrons.